The van der Waals surface area contributed by atoms with E-state index in [2.05, 4.69) is 12.1 Å². The van der Waals surface area contributed by atoms with Crippen LogP contribution in [0.4, 0.5) is 0 Å². The van der Waals surface area contributed by atoms with Crippen LogP contribution in [-0.2, 0) is 21.1 Å². The van der Waals surface area contributed by atoms with Crippen LogP contribution in [0.1, 0.15) is 27.7 Å². The van der Waals surface area contributed by atoms with E-state index in [1.54, 1.807) is 0 Å². The third kappa shape index (κ3) is 21.1. The molecule has 0 saturated heterocycles. The van der Waals surface area contributed by atoms with Crippen molar-refractivity contribution in [1.29, 1.82) is 0 Å². The van der Waals surface area contributed by atoms with Gasteiger partial charge in [-0.05, 0) is 0 Å². The summed E-state index contributed by atoms with van der Waals surface area (Å²) in [6.45, 7) is 8.00. The molecule has 2 aromatic carbocycles. The van der Waals surface area contributed by atoms with Crippen molar-refractivity contribution in [2.75, 3.05) is 0 Å². The van der Waals surface area contributed by atoms with Crippen LogP contribution in [0.5, 0.6) is 0 Å². The van der Waals surface area contributed by atoms with E-state index in [0.717, 1.165) is 0 Å². The minimum atomic E-state index is 0. The second kappa shape index (κ2) is 24.4. The Hall–Kier alpha value is -0.872. The summed E-state index contributed by atoms with van der Waals surface area (Å²) in [5.74, 6) is 0. The van der Waals surface area contributed by atoms with Crippen LogP contribution in [0.25, 0.3) is 0 Å². The Bertz CT molecular complexity index is 181. The van der Waals surface area contributed by atoms with E-state index in [0.29, 0.717) is 0 Å². The quantitative estimate of drug-likeness (QED) is 0.547. The van der Waals surface area contributed by atoms with Gasteiger partial charge in [-0.15, -0.1) is 0 Å². The molecule has 0 N–H and O–H groups in total. The predicted octanol–water partition coefficient (Wildman–Crippen LogP) is 5.02. The summed E-state index contributed by atoms with van der Waals surface area (Å²) in [6.07, 6.45) is 0. The first kappa shape index (κ1) is 21.4. The van der Waals surface area contributed by atoms with Crippen molar-refractivity contribution in [3.05, 3.63) is 72.8 Å². The number of hydrogen-bond donors (Lipinski definition) is 0. The van der Waals surface area contributed by atoms with E-state index in [4.69, 9.17) is 0 Å². The van der Waals surface area contributed by atoms with Crippen LogP contribution < -0.4 is 0 Å². The van der Waals surface area contributed by atoms with Gasteiger partial charge in [0.2, 0.25) is 0 Å². The average Bonchev–Trinajstić information content (AvgIpc) is 2.48. The van der Waals surface area contributed by atoms with Gasteiger partial charge in [-0.25, -0.2) is 0 Å². The summed E-state index contributed by atoms with van der Waals surface area (Å²) < 4.78 is 0. The van der Waals surface area contributed by atoms with Crippen molar-refractivity contribution >= 4 is 0 Å². The molecule has 92 valence electrons. The van der Waals surface area contributed by atoms with Gasteiger partial charge in [0.05, 0.1) is 0 Å². The molecule has 0 nitrogen and oxygen atoms in total. The van der Waals surface area contributed by atoms with Crippen LogP contribution in [0.15, 0.2) is 60.7 Å². The second-order valence-corrected chi connectivity index (χ2v) is 2.15. The van der Waals surface area contributed by atoms with Crippen LogP contribution in [-0.4, -0.2) is 0 Å². The van der Waals surface area contributed by atoms with Gasteiger partial charge < -0.3 is 0 Å². The van der Waals surface area contributed by atoms with E-state index in [9.17, 15) is 0 Å². The topological polar surface area (TPSA) is 0 Å². The second-order valence-electron chi connectivity index (χ2n) is 2.15. The molecule has 0 radical (unpaired) electrons. The van der Waals surface area contributed by atoms with Crippen molar-refractivity contribution in [1.82, 2.24) is 0 Å². The Morgan fingerprint density at radius 2 is 0.706 bits per heavy atom. The van der Waals surface area contributed by atoms with Crippen molar-refractivity contribution < 1.29 is 21.1 Å². The van der Waals surface area contributed by atoms with Gasteiger partial charge in [0.1, 0.15) is 0 Å². The number of rotatable bonds is 0. The molecule has 1 heteroatoms. The van der Waals surface area contributed by atoms with Crippen molar-refractivity contribution in [3.63, 3.8) is 0 Å². The first-order valence-corrected chi connectivity index (χ1v) is 5.82. The zero-order valence-electron chi connectivity index (χ0n) is 11.2. The summed E-state index contributed by atoms with van der Waals surface area (Å²) in [5, 5.41) is 0. The predicted molar refractivity (Wildman–Crippen MR) is 73.3 cm³/mol. The maximum atomic E-state index is 2.89. The fourth-order valence-corrected chi connectivity index (χ4v) is 0.684. The van der Waals surface area contributed by atoms with Gasteiger partial charge in [-0.3, -0.25) is 0 Å². The van der Waals surface area contributed by atoms with Gasteiger partial charge in [0.15, 0.2) is 0 Å². The van der Waals surface area contributed by atoms with Gasteiger partial charge in [0, 0.05) is 0 Å². The minimum absolute atomic E-state index is 0. The van der Waals surface area contributed by atoms with Crippen LogP contribution in [0, 0.1) is 12.1 Å². The molecular formula is C16H22W. The van der Waals surface area contributed by atoms with Gasteiger partial charge in [-0.2, -0.15) is 72.8 Å². The molecule has 0 heterocycles. The Morgan fingerprint density at radius 1 is 0.471 bits per heavy atom. The fraction of sp³-hybridized carbons (Fsp3) is 0.250. The normalized spacial score (nSPS) is 6.35. The van der Waals surface area contributed by atoms with E-state index in [1.165, 1.54) is 0 Å². The van der Waals surface area contributed by atoms with Crippen LogP contribution in [0.3, 0.4) is 0 Å². The van der Waals surface area contributed by atoms with E-state index < -0.39 is 0 Å². The molecule has 0 fully saturated rings. The first-order chi connectivity index (χ1) is 8.00. The van der Waals surface area contributed by atoms with Gasteiger partial charge in [0.25, 0.3) is 0 Å². The molecular weight excluding hydrogens is 376 g/mol. The summed E-state index contributed by atoms with van der Waals surface area (Å²) >= 11 is 0. The Labute approximate surface area is 121 Å². The van der Waals surface area contributed by atoms with E-state index >= 15 is 0 Å². The minimum Gasteiger partial charge on any atom is -0.184 e. The van der Waals surface area contributed by atoms with E-state index in [1.807, 2.05) is 88.4 Å². The fourth-order valence-electron chi connectivity index (χ4n) is 0.684. The Morgan fingerprint density at radius 3 is 0.765 bits per heavy atom. The largest absolute Gasteiger partial charge is 2.00 e. The molecule has 0 aromatic heterocycles. The molecule has 0 saturated carbocycles. The Kier molecular flexibility index (Phi) is 30.7. The molecule has 0 aliphatic rings. The third-order valence-electron chi connectivity index (χ3n) is 1.21. The van der Waals surface area contributed by atoms with E-state index in [-0.39, 0.29) is 21.1 Å². The van der Waals surface area contributed by atoms with Crippen molar-refractivity contribution in [3.8, 4) is 0 Å². The molecule has 0 amide bonds. The summed E-state index contributed by atoms with van der Waals surface area (Å²) in [4.78, 5) is 0. The molecule has 0 bridgehead atoms. The smallest absolute Gasteiger partial charge is 0.184 e. The molecule has 0 spiro atoms. The Balaban J connectivity index is -0.000000171. The molecule has 2 aromatic rings. The monoisotopic (exact) mass is 398 g/mol. The van der Waals surface area contributed by atoms with Crippen LogP contribution >= 0.6 is 0 Å². The molecule has 0 aliphatic heterocycles. The molecule has 0 atom stereocenters. The van der Waals surface area contributed by atoms with Gasteiger partial charge in [-0.1, -0.05) is 27.7 Å². The van der Waals surface area contributed by atoms with Crippen LogP contribution in [0.2, 0.25) is 0 Å². The standard InChI is InChI=1S/2C6H5.2C2H6.W/c2*1-2-4-6-5-3-1;2*1-2;/h2*1-5H;2*1-2H3;/q2*-1;;;+2. The first-order valence-electron chi connectivity index (χ1n) is 5.82. The van der Waals surface area contributed by atoms with Gasteiger partial charge >= 0.3 is 21.1 Å². The number of benzene rings is 2. The molecule has 0 aliphatic carbocycles. The van der Waals surface area contributed by atoms with Crippen molar-refractivity contribution in [2.45, 2.75) is 27.7 Å². The maximum absolute atomic E-state index is 2.89. The third-order valence-corrected chi connectivity index (χ3v) is 1.21. The SMILES string of the molecule is CC.CC.[W+2].[c-]1ccccc1.[c-]1ccccc1. The molecule has 17 heavy (non-hydrogen) atoms. The molecule has 2 rings (SSSR count). The number of hydrogen-bond acceptors (Lipinski definition) is 0. The molecule has 0 unspecified atom stereocenters. The zero-order chi connectivity index (χ0) is 12.5. The average molecular weight is 398 g/mol. The zero-order valence-corrected chi connectivity index (χ0v) is 14.1. The van der Waals surface area contributed by atoms with Crippen molar-refractivity contribution in [2.24, 2.45) is 0 Å². The summed E-state index contributed by atoms with van der Waals surface area (Å²) in [6, 6.07) is 25.0. The maximum Gasteiger partial charge on any atom is 2.00 e. The summed E-state index contributed by atoms with van der Waals surface area (Å²) in [7, 11) is 0. The summed E-state index contributed by atoms with van der Waals surface area (Å²) in [5.41, 5.74) is 0.